The number of rotatable bonds is 4. The van der Waals surface area contributed by atoms with E-state index >= 15 is 0 Å². The molecule has 4 aromatic rings. The predicted molar refractivity (Wildman–Crippen MR) is 109 cm³/mol. The summed E-state index contributed by atoms with van der Waals surface area (Å²) < 4.78 is 49.3. The first-order valence-corrected chi connectivity index (χ1v) is 9.57. The Kier molecular flexibility index (Phi) is 4.54. The second-order valence-corrected chi connectivity index (χ2v) is 7.22. The molecule has 0 bridgehead atoms. The molecule has 5 rings (SSSR count). The minimum atomic E-state index is -0.694. The number of fused-ring (bicyclic) bond motifs is 1. The van der Waals surface area contributed by atoms with E-state index in [1.54, 1.807) is 12.1 Å². The van der Waals surface area contributed by atoms with E-state index in [4.69, 9.17) is 4.74 Å². The highest BCUT2D eigenvalue weighted by Crippen LogP contribution is 2.28. The third-order valence-corrected chi connectivity index (χ3v) is 5.31. The van der Waals surface area contributed by atoms with Gasteiger partial charge in [0.15, 0.2) is 0 Å². The number of ether oxygens (including phenoxy) is 1. The van der Waals surface area contributed by atoms with E-state index in [2.05, 4.69) is 4.99 Å². The molecule has 1 aromatic heterocycles. The highest BCUT2D eigenvalue weighted by molar-refractivity contribution is 5.95. The standard InChI is InChI=1S/C24H17F3N2O/c25-18-3-2-6-22-17(18)11-12-29(22)13-15-7-9-16(10-8-15)21-14-30-24(28-21)23-19(26)4-1-5-20(23)27/h1-12,21H,13-14H2. The van der Waals surface area contributed by atoms with Crippen molar-refractivity contribution in [1.29, 1.82) is 0 Å². The molecule has 0 N–H and O–H groups in total. The monoisotopic (exact) mass is 406 g/mol. The van der Waals surface area contributed by atoms with Crippen molar-refractivity contribution in [3.8, 4) is 0 Å². The Labute approximate surface area is 171 Å². The van der Waals surface area contributed by atoms with Crippen LogP contribution in [-0.4, -0.2) is 17.1 Å². The summed E-state index contributed by atoms with van der Waals surface area (Å²) >= 11 is 0. The molecule has 2 heterocycles. The number of benzene rings is 3. The smallest absolute Gasteiger partial charge is 0.222 e. The first-order valence-electron chi connectivity index (χ1n) is 9.57. The molecule has 3 aromatic carbocycles. The van der Waals surface area contributed by atoms with E-state index in [9.17, 15) is 13.2 Å². The molecule has 1 atom stereocenters. The summed E-state index contributed by atoms with van der Waals surface area (Å²) in [5.41, 5.74) is 2.55. The summed E-state index contributed by atoms with van der Waals surface area (Å²) in [5, 5.41) is 0.597. The lowest BCUT2D eigenvalue weighted by Crippen LogP contribution is -2.07. The van der Waals surface area contributed by atoms with Gasteiger partial charge in [0.25, 0.3) is 0 Å². The van der Waals surface area contributed by atoms with Crippen LogP contribution in [-0.2, 0) is 11.3 Å². The van der Waals surface area contributed by atoms with Gasteiger partial charge in [0.05, 0.1) is 5.52 Å². The van der Waals surface area contributed by atoms with Crippen LogP contribution in [0.3, 0.4) is 0 Å². The van der Waals surface area contributed by atoms with Gasteiger partial charge in [-0.3, -0.25) is 0 Å². The maximum atomic E-state index is 14.0. The molecule has 3 nitrogen and oxygen atoms in total. The number of aliphatic imine (C=N–C) groups is 1. The SMILES string of the molecule is Fc1cccc(F)c1C1=NC(c2ccc(Cn3ccc4c(F)cccc43)cc2)CO1. The molecule has 150 valence electrons. The molecule has 0 spiro atoms. The van der Waals surface area contributed by atoms with Crippen LogP contribution in [0.1, 0.15) is 22.7 Å². The molecular weight excluding hydrogens is 389 g/mol. The van der Waals surface area contributed by atoms with Crippen molar-refractivity contribution in [3.63, 3.8) is 0 Å². The fourth-order valence-electron chi connectivity index (χ4n) is 3.75. The zero-order valence-corrected chi connectivity index (χ0v) is 15.9. The van der Waals surface area contributed by atoms with Crippen molar-refractivity contribution < 1.29 is 17.9 Å². The van der Waals surface area contributed by atoms with Gasteiger partial charge in [0.2, 0.25) is 5.90 Å². The third-order valence-electron chi connectivity index (χ3n) is 5.31. The van der Waals surface area contributed by atoms with Crippen LogP contribution < -0.4 is 0 Å². The van der Waals surface area contributed by atoms with Crippen LogP contribution in [0.5, 0.6) is 0 Å². The van der Waals surface area contributed by atoms with Gasteiger partial charge in [-0.25, -0.2) is 18.2 Å². The Morgan fingerprint density at radius 2 is 1.57 bits per heavy atom. The summed E-state index contributed by atoms with van der Waals surface area (Å²) in [4.78, 5) is 4.37. The van der Waals surface area contributed by atoms with Crippen molar-refractivity contribution in [2.75, 3.05) is 6.61 Å². The summed E-state index contributed by atoms with van der Waals surface area (Å²) in [6.07, 6.45) is 1.87. The summed E-state index contributed by atoms with van der Waals surface area (Å²) in [5.74, 6) is -1.64. The minimum absolute atomic E-state index is 0.0134. The van der Waals surface area contributed by atoms with Gasteiger partial charge >= 0.3 is 0 Å². The Hall–Kier alpha value is -3.54. The molecule has 1 aliphatic rings. The maximum Gasteiger partial charge on any atom is 0.222 e. The normalized spacial score (nSPS) is 16.0. The van der Waals surface area contributed by atoms with Crippen LogP contribution in [0.15, 0.2) is 77.9 Å². The molecule has 6 heteroatoms. The van der Waals surface area contributed by atoms with Crippen molar-refractivity contribution in [1.82, 2.24) is 4.57 Å². The number of halogens is 3. The lowest BCUT2D eigenvalue weighted by atomic mass is 10.1. The largest absolute Gasteiger partial charge is 0.475 e. The molecule has 0 saturated carbocycles. The average molecular weight is 406 g/mol. The van der Waals surface area contributed by atoms with Crippen LogP contribution in [0.4, 0.5) is 13.2 Å². The van der Waals surface area contributed by atoms with E-state index in [0.29, 0.717) is 11.9 Å². The molecule has 0 amide bonds. The number of hydrogen-bond acceptors (Lipinski definition) is 2. The van der Waals surface area contributed by atoms with E-state index in [1.165, 1.54) is 24.3 Å². The van der Waals surface area contributed by atoms with E-state index in [0.717, 1.165) is 16.6 Å². The zero-order valence-electron chi connectivity index (χ0n) is 15.9. The topological polar surface area (TPSA) is 26.5 Å². The van der Waals surface area contributed by atoms with Gasteiger partial charge < -0.3 is 9.30 Å². The quantitative estimate of drug-likeness (QED) is 0.432. The Morgan fingerprint density at radius 3 is 2.33 bits per heavy atom. The lowest BCUT2D eigenvalue weighted by Gasteiger charge is -2.09. The van der Waals surface area contributed by atoms with Gasteiger partial charge in [0, 0.05) is 18.1 Å². The second-order valence-electron chi connectivity index (χ2n) is 7.22. The van der Waals surface area contributed by atoms with E-state index in [1.807, 2.05) is 41.1 Å². The zero-order chi connectivity index (χ0) is 20.7. The maximum absolute atomic E-state index is 14.0. The van der Waals surface area contributed by atoms with Gasteiger partial charge in [-0.1, -0.05) is 36.4 Å². The fourth-order valence-corrected chi connectivity index (χ4v) is 3.75. The van der Waals surface area contributed by atoms with Crippen molar-refractivity contribution in [2.45, 2.75) is 12.6 Å². The average Bonchev–Trinajstić information content (AvgIpc) is 3.37. The highest BCUT2D eigenvalue weighted by Gasteiger charge is 2.26. The molecule has 0 aliphatic carbocycles. The molecule has 1 aliphatic heterocycles. The lowest BCUT2D eigenvalue weighted by molar-refractivity contribution is 0.317. The van der Waals surface area contributed by atoms with E-state index in [-0.39, 0.29) is 29.9 Å². The summed E-state index contributed by atoms with van der Waals surface area (Å²) in [6, 6.07) is 18.0. The minimum Gasteiger partial charge on any atom is -0.475 e. The molecule has 0 radical (unpaired) electrons. The Balaban J connectivity index is 1.36. The van der Waals surface area contributed by atoms with Gasteiger partial charge in [-0.15, -0.1) is 0 Å². The van der Waals surface area contributed by atoms with Crippen molar-refractivity contribution >= 4 is 16.8 Å². The molecule has 0 saturated heterocycles. The molecular formula is C24H17F3N2O. The first kappa shape index (κ1) is 18.5. The van der Waals surface area contributed by atoms with Crippen LogP contribution in [0, 0.1) is 17.5 Å². The predicted octanol–water partition coefficient (Wildman–Crippen LogP) is 5.63. The fraction of sp³-hybridized carbons (Fsp3) is 0.125. The highest BCUT2D eigenvalue weighted by atomic mass is 19.1. The summed E-state index contributed by atoms with van der Waals surface area (Å²) in [6.45, 7) is 0.827. The third kappa shape index (κ3) is 3.24. The first-order chi connectivity index (χ1) is 14.6. The van der Waals surface area contributed by atoms with Crippen molar-refractivity contribution in [3.05, 3.63) is 107 Å². The van der Waals surface area contributed by atoms with Crippen LogP contribution in [0.25, 0.3) is 10.9 Å². The molecule has 30 heavy (non-hydrogen) atoms. The van der Waals surface area contributed by atoms with Gasteiger partial charge in [-0.2, -0.15) is 0 Å². The van der Waals surface area contributed by atoms with Gasteiger partial charge in [0.1, 0.15) is 35.7 Å². The second kappa shape index (κ2) is 7.37. The molecule has 1 unspecified atom stereocenters. The summed E-state index contributed by atoms with van der Waals surface area (Å²) in [7, 11) is 0. The Morgan fingerprint density at radius 1 is 0.867 bits per heavy atom. The number of aromatic nitrogens is 1. The number of nitrogens with zero attached hydrogens (tertiary/aromatic N) is 2. The number of hydrogen-bond donors (Lipinski definition) is 0. The Bertz CT molecular complexity index is 1240. The molecule has 0 fully saturated rings. The van der Waals surface area contributed by atoms with Crippen LogP contribution in [0.2, 0.25) is 0 Å². The van der Waals surface area contributed by atoms with E-state index < -0.39 is 11.6 Å². The van der Waals surface area contributed by atoms with Crippen LogP contribution >= 0.6 is 0 Å². The van der Waals surface area contributed by atoms with Gasteiger partial charge in [-0.05, 0) is 41.5 Å². The van der Waals surface area contributed by atoms with Crippen molar-refractivity contribution in [2.24, 2.45) is 4.99 Å².